The minimum absolute atomic E-state index is 0.202. The van der Waals surface area contributed by atoms with Crippen LogP contribution in [0.4, 0.5) is 0 Å². The van der Waals surface area contributed by atoms with E-state index in [4.69, 9.17) is 10.6 Å². The second-order valence-corrected chi connectivity index (χ2v) is 4.77. The zero-order valence-corrected chi connectivity index (χ0v) is 11.2. The van der Waals surface area contributed by atoms with Crippen molar-refractivity contribution >= 4 is 0 Å². The molecule has 3 heteroatoms. The largest absolute Gasteiger partial charge is 0.491 e. The molecule has 0 aromatic heterocycles. The molecule has 1 rings (SSSR count). The highest BCUT2D eigenvalue weighted by atomic mass is 16.5. The highest BCUT2D eigenvalue weighted by molar-refractivity contribution is 5.29. The average molecular weight is 236 g/mol. The predicted octanol–water partition coefficient (Wildman–Crippen LogP) is 3.02. The summed E-state index contributed by atoms with van der Waals surface area (Å²) in [6.07, 6.45) is 1.30. The Kier molecular flexibility index (Phi) is 5.45. The monoisotopic (exact) mass is 236 g/mol. The number of hydrogen-bond acceptors (Lipinski definition) is 3. The first-order valence-corrected chi connectivity index (χ1v) is 6.31. The second kappa shape index (κ2) is 6.62. The topological polar surface area (TPSA) is 47.3 Å². The van der Waals surface area contributed by atoms with E-state index in [1.165, 1.54) is 5.56 Å². The smallest absolute Gasteiger partial charge is 0.119 e. The van der Waals surface area contributed by atoms with Gasteiger partial charge in [0.05, 0.1) is 6.10 Å². The third-order valence-corrected chi connectivity index (χ3v) is 3.00. The maximum Gasteiger partial charge on any atom is 0.119 e. The van der Waals surface area contributed by atoms with Crippen LogP contribution in [0.1, 0.15) is 45.7 Å². The lowest BCUT2D eigenvalue weighted by Gasteiger charge is -2.22. The molecule has 0 saturated carbocycles. The molecule has 1 aromatic carbocycles. The normalized spacial score (nSPS) is 14.7. The Bertz CT molecular complexity index is 321. The molecule has 0 saturated heterocycles. The summed E-state index contributed by atoms with van der Waals surface area (Å²) in [6.45, 7) is 8.42. The number of rotatable bonds is 6. The molecule has 0 aliphatic carbocycles. The van der Waals surface area contributed by atoms with Crippen LogP contribution in [0.3, 0.4) is 0 Å². The van der Waals surface area contributed by atoms with Crippen LogP contribution in [0.25, 0.3) is 0 Å². The van der Waals surface area contributed by atoms with Gasteiger partial charge < -0.3 is 4.74 Å². The third-order valence-electron chi connectivity index (χ3n) is 3.00. The van der Waals surface area contributed by atoms with Crippen LogP contribution in [-0.2, 0) is 0 Å². The summed E-state index contributed by atoms with van der Waals surface area (Å²) < 4.78 is 5.62. The molecular weight excluding hydrogens is 212 g/mol. The lowest BCUT2D eigenvalue weighted by atomic mass is 9.93. The molecule has 0 aliphatic rings. The van der Waals surface area contributed by atoms with E-state index in [9.17, 15) is 0 Å². The van der Waals surface area contributed by atoms with Crippen LogP contribution in [0, 0.1) is 5.92 Å². The van der Waals surface area contributed by atoms with Crippen molar-refractivity contribution < 1.29 is 4.74 Å². The summed E-state index contributed by atoms with van der Waals surface area (Å²) in [5.41, 5.74) is 4.09. The van der Waals surface area contributed by atoms with Crippen molar-refractivity contribution in [1.29, 1.82) is 0 Å². The van der Waals surface area contributed by atoms with E-state index in [1.807, 2.05) is 26.0 Å². The van der Waals surface area contributed by atoms with E-state index >= 15 is 0 Å². The fourth-order valence-electron chi connectivity index (χ4n) is 1.85. The molecule has 0 aliphatic heterocycles. The van der Waals surface area contributed by atoms with Gasteiger partial charge in [0.15, 0.2) is 0 Å². The fourth-order valence-corrected chi connectivity index (χ4v) is 1.85. The van der Waals surface area contributed by atoms with Crippen LogP contribution < -0.4 is 16.0 Å². The fraction of sp³-hybridized carbons (Fsp3) is 0.571. The van der Waals surface area contributed by atoms with E-state index in [0.717, 1.165) is 12.2 Å². The van der Waals surface area contributed by atoms with Gasteiger partial charge in [-0.2, -0.15) is 0 Å². The van der Waals surface area contributed by atoms with Gasteiger partial charge >= 0.3 is 0 Å². The molecule has 2 atom stereocenters. The van der Waals surface area contributed by atoms with Gasteiger partial charge in [0.25, 0.3) is 0 Å². The molecule has 1 aromatic rings. The molecule has 3 N–H and O–H groups in total. The van der Waals surface area contributed by atoms with E-state index in [-0.39, 0.29) is 12.1 Å². The van der Waals surface area contributed by atoms with Crippen LogP contribution in [0.15, 0.2) is 24.3 Å². The number of hydrogen-bond donors (Lipinski definition) is 2. The van der Waals surface area contributed by atoms with Gasteiger partial charge in [-0.1, -0.05) is 32.4 Å². The summed E-state index contributed by atoms with van der Waals surface area (Å²) in [7, 11) is 0. The molecule has 0 spiro atoms. The Balaban J connectivity index is 2.77. The van der Waals surface area contributed by atoms with Gasteiger partial charge in [0.1, 0.15) is 5.75 Å². The minimum Gasteiger partial charge on any atom is -0.491 e. The molecule has 17 heavy (non-hydrogen) atoms. The van der Waals surface area contributed by atoms with Crippen LogP contribution in [-0.4, -0.2) is 6.10 Å². The maximum atomic E-state index is 5.62. The number of benzene rings is 1. The predicted molar refractivity (Wildman–Crippen MR) is 71.7 cm³/mol. The van der Waals surface area contributed by atoms with E-state index < -0.39 is 0 Å². The van der Waals surface area contributed by atoms with Gasteiger partial charge in [-0.15, -0.1) is 0 Å². The Morgan fingerprint density at radius 2 is 1.76 bits per heavy atom. The summed E-state index contributed by atoms with van der Waals surface area (Å²) >= 11 is 0. The van der Waals surface area contributed by atoms with Gasteiger partial charge in [-0.3, -0.25) is 11.3 Å². The van der Waals surface area contributed by atoms with Crippen LogP contribution >= 0.6 is 0 Å². The number of ether oxygens (including phenoxy) is 1. The lowest BCUT2D eigenvalue weighted by Crippen LogP contribution is -2.32. The zero-order valence-electron chi connectivity index (χ0n) is 11.2. The maximum absolute atomic E-state index is 5.62. The van der Waals surface area contributed by atoms with Gasteiger partial charge in [0, 0.05) is 6.04 Å². The second-order valence-electron chi connectivity index (χ2n) is 4.77. The summed E-state index contributed by atoms with van der Waals surface area (Å²) in [6, 6.07) is 8.36. The first-order chi connectivity index (χ1) is 8.08. The highest BCUT2D eigenvalue weighted by Crippen LogP contribution is 2.25. The molecule has 0 bridgehead atoms. The average Bonchev–Trinajstić information content (AvgIpc) is 2.31. The first-order valence-electron chi connectivity index (χ1n) is 6.31. The Morgan fingerprint density at radius 1 is 1.18 bits per heavy atom. The summed E-state index contributed by atoms with van der Waals surface area (Å²) in [5.74, 6) is 7.04. The van der Waals surface area contributed by atoms with Crippen molar-refractivity contribution in [2.45, 2.75) is 46.3 Å². The molecule has 96 valence electrons. The molecule has 3 nitrogen and oxygen atoms in total. The molecular formula is C14H24N2O. The Labute approximate surface area is 104 Å². The number of hydrazine groups is 1. The Hall–Kier alpha value is -1.06. The van der Waals surface area contributed by atoms with Crippen molar-refractivity contribution in [1.82, 2.24) is 5.43 Å². The zero-order chi connectivity index (χ0) is 12.8. The molecule has 2 unspecified atom stereocenters. The van der Waals surface area contributed by atoms with Gasteiger partial charge in [0.2, 0.25) is 0 Å². The summed E-state index contributed by atoms with van der Waals surface area (Å²) in [4.78, 5) is 0. The number of nitrogens with one attached hydrogen (secondary N) is 1. The van der Waals surface area contributed by atoms with E-state index in [2.05, 4.69) is 31.4 Å². The van der Waals surface area contributed by atoms with Crippen molar-refractivity contribution in [2.24, 2.45) is 11.8 Å². The van der Waals surface area contributed by atoms with Crippen molar-refractivity contribution in [2.75, 3.05) is 0 Å². The molecule has 0 fully saturated rings. The van der Waals surface area contributed by atoms with Crippen molar-refractivity contribution in [3.05, 3.63) is 29.8 Å². The number of nitrogens with two attached hydrogens (primary N) is 1. The third kappa shape index (κ3) is 4.02. The quantitative estimate of drug-likeness (QED) is 0.589. The van der Waals surface area contributed by atoms with Gasteiger partial charge in [-0.25, -0.2) is 0 Å². The van der Waals surface area contributed by atoms with Crippen LogP contribution in [0.2, 0.25) is 0 Å². The Morgan fingerprint density at radius 3 is 2.18 bits per heavy atom. The molecule has 0 radical (unpaired) electrons. The van der Waals surface area contributed by atoms with E-state index in [1.54, 1.807) is 0 Å². The van der Waals surface area contributed by atoms with Crippen molar-refractivity contribution in [3.8, 4) is 5.75 Å². The minimum atomic E-state index is 0.202. The van der Waals surface area contributed by atoms with Crippen molar-refractivity contribution in [3.63, 3.8) is 0 Å². The molecule has 0 amide bonds. The van der Waals surface area contributed by atoms with Gasteiger partial charge in [-0.05, 0) is 37.5 Å². The SMILES string of the molecule is CCC(C)C(NN)c1ccc(OC(C)C)cc1. The van der Waals surface area contributed by atoms with E-state index in [0.29, 0.717) is 5.92 Å². The van der Waals surface area contributed by atoms with Crippen LogP contribution in [0.5, 0.6) is 5.75 Å². The lowest BCUT2D eigenvalue weighted by molar-refractivity contribution is 0.242. The first kappa shape index (κ1) is 14.0. The summed E-state index contributed by atoms with van der Waals surface area (Å²) in [5, 5.41) is 0. The molecule has 0 heterocycles. The highest BCUT2D eigenvalue weighted by Gasteiger charge is 2.16. The standard InChI is InChI=1S/C14H24N2O/c1-5-11(4)14(16-15)12-6-8-13(9-7-12)17-10(2)3/h6-11,14,16H,5,15H2,1-4H3.